The molecule has 5 heteroatoms. The summed E-state index contributed by atoms with van der Waals surface area (Å²) in [4.78, 5) is 13.6. The van der Waals surface area contributed by atoms with Crippen LogP contribution < -0.4 is 0 Å². The number of rotatable bonds is 4. The predicted octanol–water partition coefficient (Wildman–Crippen LogP) is 1.76. The van der Waals surface area contributed by atoms with Gasteiger partial charge in [0.05, 0.1) is 12.7 Å². The van der Waals surface area contributed by atoms with Gasteiger partial charge >= 0.3 is 0 Å². The molecule has 4 nitrogen and oxygen atoms in total. The van der Waals surface area contributed by atoms with Gasteiger partial charge in [-0.05, 0) is 17.7 Å². The molecule has 1 atom stereocenters. The molecule has 1 aromatic rings. The average Bonchev–Trinajstić information content (AvgIpc) is 2.39. The molecule has 1 unspecified atom stereocenters. The molecular weight excluding hydrogens is 266 g/mol. The highest BCUT2D eigenvalue weighted by atomic mass is 35.5. The minimum atomic E-state index is 0.0156. The van der Waals surface area contributed by atoms with Gasteiger partial charge in [-0.2, -0.15) is 0 Å². The van der Waals surface area contributed by atoms with Crippen LogP contribution in [0.2, 0.25) is 5.02 Å². The second-order valence-corrected chi connectivity index (χ2v) is 5.04. The normalized spacial score (nSPS) is 19.5. The van der Waals surface area contributed by atoms with E-state index in [1.807, 2.05) is 24.3 Å². The predicted molar refractivity (Wildman–Crippen MR) is 73.4 cm³/mol. The quantitative estimate of drug-likeness (QED) is 0.845. The fraction of sp³-hybridized carbons (Fsp3) is 0.500. The van der Waals surface area contributed by atoms with Gasteiger partial charge in [-0.15, -0.1) is 0 Å². The van der Waals surface area contributed by atoms with E-state index in [9.17, 15) is 4.79 Å². The highest BCUT2D eigenvalue weighted by Gasteiger charge is 2.24. The first-order valence-corrected chi connectivity index (χ1v) is 6.69. The first-order valence-electron chi connectivity index (χ1n) is 6.32. The van der Waals surface area contributed by atoms with Crippen molar-refractivity contribution in [1.29, 1.82) is 0 Å². The Morgan fingerprint density at radius 2 is 2.42 bits per heavy atom. The third-order valence-electron chi connectivity index (χ3n) is 3.11. The zero-order valence-corrected chi connectivity index (χ0v) is 11.7. The molecule has 1 saturated heterocycles. The molecule has 1 aromatic carbocycles. The lowest BCUT2D eigenvalue weighted by molar-refractivity contribution is -0.142. The van der Waals surface area contributed by atoms with E-state index in [-0.39, 0.29) is 18.6 Å². The molecular formula is C14H18ClNO3. The Labute approximate surface area is 118 Å². The van der Waals surface area contributed by atoms with Crippen molar-refractivity contribution in [3.63, 3.8) is 0 Å². The number of hydrogen-bond donors (Lipinski definition) is 0. The number of carbonyl (C=O) groups excluding carboxylic acids is 1. The van der Waals surface area contributed by atoms with Crippen LogP contribution >= 0.6 is 11.6 Å². The van der Waals surface area contributed by atoms with Crippen molar-refractivity contribution in [2.45, 2.75) is 12.5 Å². The summed E-state index contributed by atoms with van der Waals surface area (Å²) in [6.07, 6.45) is 0.783. The fourth-order valence-electron chi connectivity index (χ4n) is 2.21. The summed E-state index contributed by atoms with van der Waals surface area (Å²) in [5, 5.41) is 0.723. The van der Waals surface area contributed by atoms with Gasteiger partial charge in [-0.3, -0.25) is 4.79 Å². The highest BCUT2D eigenvalue weighted by molar-refractivity contribution is 6.30. The topological polar surface area (TPSA) is 38.8 Å². The van der Waals surface area contributed by atoms with E-state index < -0.39 is 0 Å². The van der Waals surface area contributed by atoms with Gasteiger partial charge in [0, 0.05) is 31.6 Å². The Bertz CT molecular complexity index is 438. The first kappa shape index (κ1) is 14.3. The molecule has 0 radical (unpaired) electrons. The lowest BCUT2D eigenvalue weighted by Gasteiger charge is -2.33. The van der Waals surface area contributed by atoms with Crippen molar-refractivity contribution in [3.05, 3.63) is 34.9 Å². The van der Waals surface area contributed by atoms with Crippen molar-refractivity contribution < 1.29 is 14.3 Å². The van der Waals surface area contributed by atoms with E-state index in [1.165, 1.54) is 7.11 Å². The van der Waals surface area contributed by atoms with E-state index in [2.05, 4.69) is 0 Å². The van der Waals surface area contributed by atoms with Gasteiger partial charge in [0.1, 0.15) is 6.61 Å². The lowest BCUT2D eigenvalue weighted by Crippen LogP contribution is -2.47. The van der Waals surface area contributed by atoms with Crippen LogP contribution in [-0.4, -0.2) is 50.3 Å². The van der Waals surface area contributed by atoms with Crippen LogP contribution in [0.1, 0.15) is 5.56 Å². The zero-order valence-electron chi connectivity index (χ0n) is 11.0. The molecule has 104 valence electrons. The number of morpholine rings is 1. The molecule has 1 aliphatic heterocycles. The van der Waals surface area contributed by atoms with Crippen LogP contribution in [0.4, 0.5) is 0 Å². The van der Waals surface area contributed by atoms with Gasteiger partial charge in [0.2, 0.25) is 5.91 Å². The van der Waals surface area contributed by atoms with Gasteiger partial charge in [0.25, 0.3) is 0 Å². The van der Waals surface area contributed by atoms with Crippen LogP contribution in [0.5, 0.6) is 0 Å². The van der Waals surface area contributed by atoms with E-state index in [0.717, 1.165) is 17.0 Å². The molecule has 1 amide bonds. The van der Waals surface area contributed by atoms with Crippen LogP contribution in [0.3, 0.4) is 0 Å². The van der Waals surface area contributed by atoms with Crippen molar-refractivity contribution in [1.82, 2.24) is 4.90 Å². The Morgan fingerprint density at radius 1 is 1.58 bits per heavy atom. The van der Waals surface area contributed by atoms with Gasteiger partial charge in [-0.25, -0.2) is 0 Å². The van der Waals surface area contributed by atoms with E-state index in [1.54, 1.807) is 4.90 Å². The zero-order chi connectivity index (χ0) is 13.7. The van der Waals surface area contributed by atoms with Crippen molar-refractivity contribution in [3.8, 4) is 0 Å². The number of carbonyl (C=O) groups is 1. The summed E-state index contributed by atoms with van der Waals surface area (Å²) >= 11 is 5.96. The molecule has 0 aromatic heterocycles. The second kappa shape index (κ2) is 6.89. The maximum Gasteiger partial charge on any atom is 0.248 e. The third-order valence-corrected chi connectivity index (χ3v) is 3.35. The van der Waals surface area contributed by atoms with Crippen molar-refractivity contribution >= 4 is 17.5 Å². The number of nitrogens with zero attached hydrogens (tertiary/aromatic N) is 1. The Kier molecular flexibility index (Phi) is 5.19. The van der Waals surface area contributed by atoms with Crippen LogP contribution in [0, 0.1) is 0 Å². The standard InChI is InChI=1S/C14H18ClNO3/c1-18-10-14(17)16-5-6-19-13(9-16)8-11-3-2-4-12(15)7-11/h2-4,7,13H,5-6,8-10H2,1H3. The third kappa shape index (κ3) is 4.20. The summed E-state index contributed by atoms with van der Waals surface area (Å²) in [5.41, 5.74) is 1.12. The second-order valence-electron chi connectivity index (χ2n) is 4.60. The summed E-state index contributed by atoms with van der Waals surface area (Å²) in [6.45, 7) is 1.94. The Hall–Kier alpha value is -1.10. The Balaban J connectivity index is 1.92. The molecule has 0 bridgehead atoms. The number of halogens is 1. The maximum absolute atomic E-state index is 11.8. The van der Waals surface area contributed by atoms with E-state index in [0.29, 0.717) is 19.7 Å². The maximum atomic E-state index is 11.8. The van der Waals surface area contributed by atoms with Gasteiger partial charge < -0.3 is 14.4 Å². The minimum Gasteiger partial charge on any atom is -0.375 e. The minimum absolute atomic E-state index is 0.0156. The number of ether oxygens (including phenoxy) is 2. The summed E-state index contributed by atoms with van der Waals surface area (Å²) in [7, 11) is 1.53. The summed E-state index contributed by atoms with van der Waals surface area (Å²) in [5.74, 6) is 0.0156. The fourth-order valence-corrected chi connectivity index (χ4v) is 2.42. The van der Waals surface area contributed by atoms with E-state index in [4.69, 9.17) is 21.1 Å². The summed E-state index contributed by atoms with van der Waals surface area (Å²) < 4.78 is 10.6. The lowest BCUT2D eigenvalue weighted by atomic mass is 10.1. The largest absolute Gasteiger partial charge is 0.375 e. The number of methoxy groups -OCH3 is 1. The molecule has 0 spiro atoms. The summed E-state index contributed by atoms with van der Waals surface area (Å²) in [6, 6.07) is 7.72. The molecule has 0 aliphatic carbocycles. The molecule has 2 rings (SSSR count). The molecule has 19 heavy (non-hydrogen) atoms. The van der Waals surface area contributed by atoms with Gasteiger partial charge in [0.15, 0.2) is 0 Å². The van der Waals surface area contributed by atoms with Crippen LogP contribution in [0.15, 0.2) is 24.3 Å². The van der Waals surface area contributed by atoms with Crippen LogP contribution in [0.25, 0.3) is 0 Å². The highest BCUT2D eigenvalue weighted by Crippen LogP contribution is 2.15. The monoisotopic (exact) mass is 283 g/mol. The molecule has 1 heterocycles. The molecule has 1 fully saturated rings. The Morgan fingerprint density at radius 3 is 3.16 bits per heavy atom. The molecule has 0 N–H and O–H groups in total. The van der Waals surface area contributed by atoms with Gasteiger partial charge in [-0.1, -0.05) is 23.7 Å². The van der Waals surface area contributed by atoms with Crippen molar-refractivity contribution in [2.75, 3.05) is 33.4 Å². The SMILES string of the molecule is COCC(=O)N1CCOC(Cc2cccc(Cl)c2)C1. The molecule has 1 aliphatic rings. The number of benzene rings is 1. The number of amides is 1. The van der Waals surface area contributed by atoms with E-state index >= 15 is 0 Å². The van der Waals surface area contributed by atoms with Crippen LogP contribution in [-0.2, 0) is 20.7 Å². The average molecular weight is 284 g/mol. The smallest absolute Gasteiger partial charge is 0.248 e. The first-order chi connectivity index (χ1) is 9.19. The van der Waals surface area contributed by atoms with Crippen molar-refractivity contribution in [2.24, 2.45) is 0 Å². The number of hydrogen-bond acceptors (Lipinski definition) is 3. The molecule has 0 saturated carbocycles.